The molecule has 2 atom stereocenters. The molecular formula is C12H17BrO4. The Morgan fingerprint density at radius 1 is 1.29 bits per heavy atom. The Morgan fingerprint density at radius 2 is 2.00 bits per heavy atom. The van der Waals surface area contributed by atoms with E-state index in [9.17, 15) is 10.2 Å². The Kier molecular flexibility index (Phi) is 5.91. The molecule has 0 fully saturated rings. The summed E-state index contributed by atoms with van der Waals surface area (Å²) < 4.78 is 11.1. The van der Waals surface area contributed by atoms with Crippen molar-refractivity contribution in [3.63, 3.8) is 0 Å². The molecule has 4 nitrogen and oxygen atoms in total. The molecule has 0 aliphatic rings. The van der Waals surface area contributed by atoms with E-state index in [2.05, 4.69) is 15.9 Å². The zero-order valence-electron chi connectivity index (χ0n) is 9.89. The van der Waals surface area contributed by atoms with Crippen molar-refractivity contribution < 1.29 is 19.7 Å². The van der Waals surface area contributed by atoms with Crippen LogP contribution in [0.3, 0.4) is 0 Å². The van der Waals surface area contributed by atoms with Gasteiger partial charge in [0.1, 0.15) is 18.5 Å². The summed E-state index contributed by atoms with van der Waals surface area (Å²) in [4.78, 5) is 0. The number of benzene rings is 1. The highest BCUT2D eigenvalue weighted by Gasteiger charge is 2.11. The topological polar surface area (TPSA) is 58.9 Å². The Labute approximate surface area is 109 Å². The number of hydrogen-bond donors (Lipinski definition) is 2. The van der Waals surface area contributed by atoms with Crippen molar-refractivity contribution in [3.8, 4) is 5.75 Å². The molecule has 0 amide bonds. The Morgan fingerprint density at radius 3 is 2.59 bits per heavy atom. The van der Waals surface area contributed by atoms with Crippen molar-refractivity contribution in [2.45, 2.75) is 19.1 Å². The van der Waals surface area contributed by atoms with Crippen LogP contribution in [0, 0.1) is 0 Å². The highest BCUT2D eigenvalue weighted by Crippen LogP contribution is 2.28. The number of methoxy groups -OCH3 is 1. The third kappa shape index (κ3) is 4.63. The number of aliphatic hydroxyl groups excluding tert-OH is 2. The number of aliphatic hydroxyl groups is 2. The van der Waals surface area contributed by atoms with Crippen molar-refractivity contribution in [1.29, 1.82) is 0 Å². The van der Waals surface area contributed by atoms with E-state index in [0.29, 0.717) is 11.3 Å². The number of rotatable bonds is 6. The summed E-state index contributed by atoms with van der Waals surface area (Å²) >= 11 is 3.33. The van der Waals surface area contributed by atoms with Crippen molar-refractivity contribution in [3.05, 3.63) is 28.2 Å². The fourth-order valence-corrected chi connectivity index (χ4v) is 1.78. The molecule has 1 unspecified atom stereocenters. The van der Waals surface area contributed by atoms with Crippen molar-refractivity contribution >= 4 is 15.9 Å². The highest BCUT2D eigenvalue weighted by atomic mass is 79.9. The van der Waals surface area contributed by atoms with Gasteiger partial charge in [0.25, 0.3) is 0 Å². The lowest BCUT2D eigenvalue weighted by molar-refractivity contribution is 0.0316. The van der Waals surface area contributed by atoms with E-state index < -0.39 is 12.2 Å². The van der Waals surface area contributed by atoms with Crippen LogP contribution >= 0.6 is 15.9 Å². The fourth-order valence-electron chi connectivity index (χ4n) is 1.40. The minimum atomic E-state index is -0.675. The molecule has 1 aromatic carbocycles. The molecule has 0 aromatic heterocycles. The van der Waals surface area contributed by atoms with Gasteiger partial charge in [0, 0.05) is 17.1 Å². The van der Waals surface area contributed by atoms with Gasteiger partial charge in [0.05, 0.1) is 12.7 Å². The second kappa shape index (κ2) is 6.96. The Balaban J connectivity index is 2.70. The van der Waals surface area contributed by atoms with Gasteiger partial charge in [-0.2, -0.15) is 0 Å². The van der Waals surface area contributed by atoms with Crippen LogP contribution in [0.25, 0.3) is 0 Å². The van der Waals surface area contributed by atoms with Crippen LogP contribution in [0.4, 0.5) is 0 Å². The summed E-state index contributed by atoms with van der Waals surface area (Å²) in [6.45, 7) is 2.02. The first kappa shape index (κ1) is 14.4. The second-order valence-electron chi connectivity index (χ2n) is 3.78. The van der Waals surface area contributed by atoms with Crippen LogP contribution < -0.4 is 4.74 Å². The fraction of sp³-hybridized carbons (Fsp3) is 0.500. The van der Waals surface area contributed by atoms with Crippen molar-refractivity contribution in [2.75, 3.05) is 20.3 Å². The van der Waals surface area contributed by atoms with Gasteiger partial charge in [-0.25, -0.2) is 0 Å². The van der Waals surface area contributed by atoms with Crippen LogP contribution in [0.15, 0.2) is 22.7 Å². The van der Waals surface area contributed by atoms with Crippen LogP contribution in [0.5, 0.6) is 5.75 Å². The average Bonchev–Trinajstić information content (AvgIpc) is 2.27. The zero-order chi connectivity index (χ0) is 12.8. The van der Waals surface area contributed by atoms with Gasteiger partial charge in [-0.15, -0.1) is 0 Å². The highest BCUT2D eigenvalue weighted by molar-refractivity contribution is 9.10. The van der Waals surface area contributed by atoms with Gasteiger partial charge < -0.3 is 19.7 Å². The molecule has 0 bridgehead atoms. The van der Waals surface area contributed by atoms with Crippen molar-refractivity contribution in [1.82, 2.24) is 0 Å². The van der Waals surface area contributed by atoms with Crippen LogP contribution in [0.2, 0.25) is 0 Å². The molecule has 96 valence electrons. The minimum absolute atomic E-state index is 0.134. The van der Waals surface area contributed by atoms with E-state index in [1.807, 2.05) is 6.07 Å². The average molecular weight is 305 g/mol. The Hall–Kier alpha value is -0.620. The van der Waals surface area contributed by atoms with E-state index in [1.165, 1.54) is 7.11 Å². The molecule has 0 heterocycles. The molecule has 2 N–H and O–H groups in total. The first-order valence-corrected chi connectivity index (χ1v) is 6.11. The number of halogens is 1. The normalized spacial score (nSPS) is 14.4. The lowest BCUT2D eigenvalue weighted by Gasteiger charge is -2.16. The predicted octanol–water partition coefficient (Wildman–Crippen LogP) is 1.89. The maximum Gasteiger partial charge on any atom is 0.125 e. The van der Waals surface area contributed by atoms with Gasteiger partial charge in [0.15, 0.2) is 0 Å². The summed E-state index contributed by atoms with van der Waals surface area (Å²) in [6.07, 6.45) is -1.30. The maximum atomic E-state index is 9.61. The van der Waals surface area contributed by atoms with Crippen LogP contribution in [-0.4, -0.2) is 36.6 Å². The smallest absolute Gasteiger partial charge is 0.125 e. The minimum Gasteiger partial charge on any atom is -0.490 e. The molecule has 0 spiro atoms. The zero-order valence-corrected chi connectivity index (χ0v) is 11.5. The lowest BCUT2D eigenvalue weighted by Crippen LogP contribution is -2.23. The molecule has 5 heteroatoms. The first-order valence-electron chi connectivity index (χ1n) is 5.32. The maximum absolute atomic E-state index is 9.61. The SMILES string of the molecule is COCC(O)COc1ccc(Br)cc1[C@H](C)O. The quantitative estimate of drug-likeness (QED) is 0.842. The third-order valence-corrected chi connectivity index (χ3v) is 2.71. The third-order valence-electron chi connectivity index (χ3n) is 2.21. The van der Waals surface area contributed by atoms with Gasteiger partial charge in [0.2, 0.25) is 0 Å². The van der Waals surface area contributed by atoms with Crippen LogP contribution in [0.1, 0.15) is 18.6 Å². The number of hydrogen-bond acceptors (Lipinski definition) is 4. The van der Waals surface area contributed by atoms with E-state index in [-0.39, 0.29) is 13.2 Å². The summed E-state index contributed by atoms with van der Waals surface area (Å²) in [6, 6.07) is 5.37. The van der Waals surface area contributed by atoms with E-state index >= 15 is 0 Å². The largest absolute Gasteiger partial charge is 0.490 e. The van der Waals surface area contributed by atoms with E-state index in [0.717, 1.165) is 4.47 Å². The van der Waals surface area contributed by atoms with Crippen molar-refractivity contribution in [2.24, 2.45) is 0 Å². The molecule has 0 radical (unpaired) electrons. The predicted molar refractivity (Wildman–Crippen MR) is 68.2 cm³/mol. The van der Waals surface area contributed by atoms with Gasteiger partial charge >= 0.3 is 0 Å². The van der Waals surface area contributed by atoms with E-state index in [1.54, 1.807) is 19.1 Å². The molecular weight excluding hydrogens is 288 g/mol. The molecule has 0 saturated heterocycles. The molecule has 0 aliphatic heterocycles. The van der Waals surface area contributed by atoms with E-state index in [4.69, 9.17) is 9.47 Å². The monoisotopic (exact) mass is 304 g/mol. The molecule has 0 aliphatic carbocycles. The molecule has 1 aromatic rings. The summed E-state index contributed by atoms with van der Waals surface area (Å²) in [5.74, 6) is 0.568. The molecule has 0 saturated carbocycles. The summed E-state index contributed by atoms with van der Waals surface area (Å²) in [5, 5.41) is 19.1. The number of ether oxygens (including phenoxy) is 2. The standard InChI is InChI=1S/C12H17BrO4/c1-8(14)11-5-9(13)3-4-12(11)17-7-10(15)6-16-2/h3-5,8,10,14-15H,6-7H2,1-2H3/t8-,10?/m0/s1. The second-order valence-corrected chi connectivity index (χ2v) is 4.69. The summed E-state index contributed by atoms with van der Waals surface area (Å²) in [5.41, 5.74) is 0.684. The Bertz CT molecular complexity index is 354. The summed E-state index contributed by atoms with van der Waals surface area (Å²) in [7, 11) is 1.52. The van der Waals surface area contributed by atoms with Crippen LogP contribution in [-0.2, 0) is 4.74 Å². The van der Waals surface area contributed by atoms with Gasteiger partial charge in [-0.05, 0) is 25.1 Å². The first-order chi connectivity index (χ1) is 8.04. The molecule has 1 rings (SSSR count). The van der Waals surface area contributed by atoms with Gasteiger partial charge in [-0.3, -0.25) is 0 Å². The lowest BCUT2D eigenvalue weighted by atomic mass is 10.1. The van der Waals surface area contributed by atoms with Gasteiger partial charge in [-0.1, -0.05) is 15.9 Å². The molecule has 17 heavy (non-hydrogen) atoms.